The van der Waals surface area contributed by atoms with Crippen LogP contribution in [-0.2, 0) is 11.2 Å². The summed E-state index contributed by atoms with van der Waals surface area (Å²) in [5.41, 5.74) is 2.79. The zero-order valence-electron chi connectivity index (χ0n) is 19.3. The van der Waals surface area contributed by atoms with Gasteiger partial charge < -0.3 is 4.74 Å². The number of rotatable bonds is 14. The van der Waals surface area contributed by atoms with E-state index in [0.29, 0.717) is 5.75 Å². The number of carbonyl (C=O) groups is 1. The Labute approximate surface area is 192 Å². The van der Waals surface area contributed by atoms with E-state index in [9.17, 15) is 4.79 Å². The molecule has 1 aromatic carbocycles. The molecule has 1 aromatic heterocycles. The highest BCUT2D eigenvalue weighted by Gasteiger charge is 2.23. The van der Waals surface area contributed by atoms with Crippen molar-refractivity contribution in [2.24, 2.45) is 5.92 Å². The van der Waals surface area contributed by atoms with Crippen LogP contribution >= 0.6 is 11.6 Å². The van der Waals surface area contributed by atoms with Gasteiger partial charge in [-0.15, -0.1) is 11.6 Å². The maximum Gasteiger partial charge on any atom is 0.329 e. The number of carbonyl (C=O) groups excluding carboxylic acids is 1. The van der Waals surface area contributed by atoms with E-state index in [0.717, 1.165) is 29.8 Å². The van der Waals surface area contributed by atoms with Gasteiger partial charge in [0.05, 0.1) is 17.6 Å². The van der Waals surface area contributed by atoms with Gasteiger partial charge in [-0.3, -0.25) is 14.8 Å². The second kappa shape index (κ2) is 14.2. The number of halogens is 1. The topological polar surface area (TPSA) is 52.1 Å². The minimum absolute atomic E-state index is 0.0769. The lowest BCUT2D eigenvalue weighted by molar-refractivity contribution is -0.134. The largest absolute Gasteiger partial charge is 0.425 e. The van der Waals surface area contributed by atoms with Crippen LogP contribution in [0.15, 0.2) is 36.7 Å². The highest BCUT2D eigenvalue weighted by atomic mass is 35.5. The van der Waals surface area contributed by atoms with Crippen molar-refractivity contribution < 1.29 is 9.53 Å². The first-order chi connectivity index (χ1) is 15.0. The lowest BCUT2D eigenvalue weighted by atomic mass is 10.1. The number of nitrogens with zero attached hydrogens (tertiary/aromatic N) is 2. The molecule has 1 heterocycles. The van der Waals surface area contributed by atoms with Crippen molar-refractivity contribution in [2.75, 3.05) is 0 Å². The Morgan fingerprint density at radius 2 is 1.58 bits per heavy atom. The van der Waals surface area contributed by atoms with Gasteiger partial charge in [0.2, 0.25) is 0 Å². The molecule has 5 heteroatoms. The number of aromatic nitrogens is 2. The number of alkyl halides is 1. The van der Waals surface area contributed by atoms with E-state index in [4.69, 9.17) is 16.3 Å². The molecule has 0 fully saturated rings. The minimum atomic E-state index is -0.635. The Balaban J connectivity index is 1.77. The number of unbranched alkanes of at least 4 members (excludes halogenated alkanes) is 7. The quantitative estimate of drug-likeness (QED) is 0.132. The van der Waals surface area contributed by atoms with Gasteiger partial charge in [0.1, 0.15) is 11.1 Å². The Morgan fingerprint density at radius 1 is 0.935 bits per heavy atom. The van der Waals surface area contributed by atoms with Crippen LogP contribution in [0.5, 0.6) is 5.75 Å². The molecule has 0 saturated heterocycles. The van der Waals surface area contributed by atoms with Crippen LogP contribution in [-0.4, -0.2) is 21.3 Å². The summed E-state index contributed by atoms with van der Waals surface area (Å²) in [4.78, 5) is 21.2. The molecule has 2 aromatic rings. The van der Waals surface area contributed by atoms with Gasteiger partial charge in [-0.05, 0) is 43.0 Å². The lowest BCUT2D eigenvalue weighted by Gasteiger charge is -2.14. The molecule has 0 aliphatic heterocycles. The van der Waals surface area contributed by atoms with Crippen molar-refractivity contribution >= 4 is 17.6 Å². The van der Waals surface area contributed by atoms with Crippen LogP contribution in [0.4, 0.5) is 0 Å². The molecule has 0 aliphatic carbocycles. The average molecular weight is 445 g/mol. The van der Waals surface area contributed by atoms with Crippen LogP contribution in [0.2, 0.25) is 0 Å². The lowest BCUT2D eigenvalue weighted by Crippen LogP contribution is -2.26. The maximum atomic E-state index is 12.1. The monoisotopic (exact) mass is 444 g/mol. The van der Waals surface area contributed by atoms with Crippen molar-refractivity contribution in [1.29, 1.82) is 0 Å². The molecule has 0 amide bonds. The predicted molar refractivity (Wildman–Crippen MR) is 129 cm³/mol. The minimum Gasteiger partial charge on any atom is -0.425 e. The smallest absolute Gasteiger partial charge is 0.329 e. The first kappa shape index (κ1) is 25.3. The summed E-state index contributed by atoms with van der Waals surface area (Å²) in [5, 5.41) is -0.635. The number of esters is 1. The Morgan fingerprint density at radius 3 is 2.16 bits per heavy atom. The van der Waals surface area contributed by atoms with Crippen LogP contribution < -0.4 is 4.74 Å². The molecule has 2 rings (SSSR count). The van der Waals surface area contributed by atoms with Crippen LogP contribution in [0.1, 0.15) is 84.3 Å². The van der Waals surface area contributed by atoms with E-state index in [1.165, 1.54) is 51.4 Å². The van der Waals surface area contributed by atoms with Gasteiger partial charge in [-0.1, -0.05) is 72.1 Å². The van der Waals surface area contributed by atoms with Crippen LogP contribution in [0.25, 0.3) is 11.3 Å². The van der Waals surface area contributed by atoms with Crippen LogP contribution in [0.3, 0.4) is 0 Å². The third kappa shape index (κ3) is 8.98. The Bertz CT molecular complexity index is 762. The molecular weight excluding hydrogens is 408 g/mol. The zero-order chi connectivity index (χ0) is 22.5. The van der Waals surface area contributed by atoms with E-state index in [-0.39, 0.29) is 5.92 Å². The summed E-state index contributed by atoms with van der Waals surface area (Å²) in [6, 6.07) is 7.31. The highest BCUT2D eigenvalue weighted by Crippen LogP contribution is 2.22. The Hall–Kier alpha value is -1.94. The summed E-state index contributed by atoms with van der Waals surface area (Å²) in [5.74, 6) is 0.156. The first-order valence-corrected chi connectivity index (χ1v) is 12.3. The number of hydrogen-bond donors (Lipinski definition) is 0. The summed E-state index contributed by atoms with van der Waals surface area (Å²) in [6.45, 7) is 6.20. The standard InChI is InChI=1S/C26H37ClN2O2/c1-4-6-7-8-9-10-11-12-13-22-18-29-24(19-28-22)21-14-16-23(17-15-21)31-26(30)25(27)20(3)5-2/h14-20,25H,4-13H2,1-3H3. The van der Waals surface area contributed by atoms with Crippen molar-refractivity contribution in [2.45, 2.75) is 90.4 Å². The van der Waals surface area contributed by atoms with Crippen molar-refractivity contribution in [3.05, 3.63) is 42.4 Å². The molecule has 2 atom stereocenters. The predicted octanol–water partition coefficient (Wildman–Crippen LogP) is 7.39. The van der Waals surface area contributed by atoms with E-state index >= 15 is 0 Å². The van der Waals surface area contributed by atoms with Crippen molar-refractivity contribution in [1.82, 2.24) is 9.97 Å². The fourth-order valence-corrected chi connectivity index (χ4v) is 3.60. The van der Waals surface area contributed by atoms with Gasteiger partial charge in [0, 0.05) is 11.8 Å². The maximum absolute atomic E-state index is 12.1. The summed E-state index contributed by atoms with van der Waals surface area (Å²) >= 11 is 6.16. The van der Waals surface area contributed by atoms with E-state index < -0.39 is 11.3 Å². The normalized spacial score (nSPS) is 13.0. The number of aryl methyl sites for hydroxylation is 1. The zero-order valence-corrected chi connectivity index (χ0v) is 20.0. The highest BCUT2D eigenvalue weighted by molar-refractivity contribution is 6.30. The van der Waals surface area contributed by atoms with Crippen molar-refractivity contribution in [3.63, 3.8) is 0 Å². The summed E-state index contributed by atoms with van der Waals surface area (Å²) in [7, 11) is 0. The second-order valence-corrected chi connectivity index (χ2v) is 8.82. The summed E-state index contributed by atoms with van der Waals surface area (Å²) < 4.78 is 5.39. The SMILES string of the molecule is CCCCCCCCCCc1cnc(-c2ccc(OC(=O)C(Cl)C(C)CC)cc2)cn1. The number of benzene rings is 1. The molecule has 0 aliphatic rings. The molecule has 4 nitrogen and oxygen atoms in total. The molecule has 0 bridgehead atoms. The van der Waals surface area contributed by atoms with E-state index in [2.05, 4.69) is 16.9 Å². The van der Waals surface area contributed by atoms with Gasteiger partial charge >= 0.3 is 5.97 Å². The molecule has 2 unspecified atom stereocenters. The number of ether oxygens (including phenoxy) is 1. The van der Waals surface area contributed by atoms with E-state index in [1.807, 2.05) is 38.4 Å². The van der Waals surface area contributed by atoms with Gasteiger partial charge in [0.25, 0.3) is 0 Å². The molecular formula is C26H37ClN2O2. The Kier molecular flexibility index (Phi) is 11.6. The van der Waals surface area contributed by atoms with Gasteiger partial charge in [-0.2, -0.15) is 0 Å². The molecule has 0 spiro atoms. The van der Waals surface area contributed by atoms with E-state index in [1.54, 1.807) is 12.1 Å². The molecule has 0 saturated carbocycles. The van der Waals surface area contributed by atoms with Crippen LogP contribution in [0, 0.1) is 5.92 Å². The number of hydrogen-bond acceptors (Lipinski definition) is 4. The molecule has 31 heavy (non-hydrogen) atoms. The third-order valence-corrected chi connectivity index (χ3v) is 6.34. The molecule has 170 valence electrons. The first-order valence-electron chi connectivity index (χ1n) is 11.8. The second-order valence-electron chi connectivity index (χ2n) is 8.35. The molecule has 0 N–H and O–H groups in total. The average Bonchev–Trinajstić information content (AvgIpc) is 2.80. The fraction of sp³-hybridized carbons (Fsp3) is 0.577. The van der Waals surface area contributed by atoms with Crippen molar-refractivity contribution in [3.8, 4) is 17.0 Å². The van der Waals surface area contributed by atoms with Gasteiger partial charge in [-0.25, -0.2) is 0 Å². The van der Waals surface area contributed by atoms with Gasteiger partial charge in [0.15, 0.2) is 0 Å². The summed E-state index contributed by atoms with van der Waals surface area (Å²) in [6.07, 6.45) is 16.0. The fourth-order valence-electron chi connectivity index (χ4n) is 3.38. The molecule has 0 radical (unpaired) electrons. The third-order valence-electron chi connectivity index (χ3n) is 5.73.